The first-order chi connectivity index (χ1) is 6.92. The maximum Gasteiger partial charge on any atom is 0.222 e. The van der Waals surface area contributed by atoms with Crippen LogP contribution in [0.25, 0.3) is 0 Å². The number of carbonyl (C=O) groups excluding carboxylic acids is 1. The zero-order valence-electron chi connectivity index (χ0n) is 7.86. The number of carbonyl (C=O) groups is 1. The number of nitrogens with zero attached hydrogens (tertiary/aromatic N) is 1. The van der Waals surface area contributed by atoms with Gasteiger partial charge in [0.15, 0.2) is 0 Å². The molecule has 0 unspecified atom stereocenters. The molecule has 1 amide bonds. The summed E-state index contributed by atoms with van der Waals surface area (Å²) in [4.78, 5) is 10.2. The highest BCUT2D eigenvalue weighted by atomic mass is 16.1. The number of hydrogen-bond donors (Lipinski definition) is 2. The molecule has 0 radical (unpaired) electrons. The van der Waals surface area contributed by atoms with Gasteiger partial charge in [-0.15, -0.1) is 5.53 Å². The molecule has 0 spiro atoms. The van der Waals surface area contributed by atoms with E-state index in [9.17, 15) is 4.79 Å². The molecule has 0 saturated heterocycles. The lowest BCUT2D eigenvalue weighted by molar-refractivity contribution is -0.110. The minimum absolute atomic E-state index is 0.636. The lowest BCUT2D eigenvalue weighted by Gasteiger charge is -2.30. The molecule has 0 saturated carbocycles. The third kappa shape index (κ3) is 1.70. The number of hydrazine groups is 2. The molecule has 4 heteroatoms. The quantitative estimate of drug-likeness (QED) is 0.543. The Balaban J connectivity index is 2.17. The Morgan fingerprint density at radius 1 is 1.36 bits per heavy atom. The van der Waals surface area contributed by atoms with Crippen LogP contribution in [0, 0.1) is 0 Å². The summed E-state index contributed by atoms with van der Waals surface area (Å²) in [7, 11) is 0. The second-order valence-corrected chi connectivity index (χ2v) is 3.26. The van der Waals surface area contributed by atoms with Gasteiger partial charge in [-0.2, -0.15) is 0 Å². The summed E-state index contributed by atoms with van der Waals surface area (Å²) >= 11 is 0. The number of fused-ring (bicyclic) bond motifs is 1. The molecule has 74 valence electrons. The Kier molecular flexibility index (Phi) is 2.65. The molecule has 4 nitrogen and oxygen atoms in total. The maximum absolute atomic E-state index is 10.2. The van der Waals surface area contributed by atoms with Gasteiger partial charge in [-0.05, 0) is 24.5 Å². The minimum Gasteiger partial charge on any atom is -0.291 e. The monoisotopic (exact) mass is 191 g/mol. The van der Waals surface area contributed by atoms with Crippen molar-refractivity contribution in [2.24, 2.45) is 0 Å². The number of hydrogen-bond acceptors (Lipinski definition) is 3. The molecule has 1 aromatic rings. The fourth-order valence-corrected chi connectivity index (χ4v) is 1.75. The topological polar surface area (TPSA) is 44.4 Å². The average molecular weight is 191 g/mol. The second kappa shape index (κ2) is 4.11. The molecule has 2 rings (SSSR count). The number of amides is 1. The largest absolute Gasteiger partial charge is 0.291 e. The van der Waals surface area contributed by atoms with Crippen molar-refractivity contribution < 1.29 is 4.79 Å². The van der Waals surface area contributed by atoms with Crippen LogP contribution in [-0.4, -0.2) is 13.0 Å². The van der Waals surface area contributed by atoms with E-state index in [2.05, 4.69) is 17.0 Å². The lowest BCUT2D eigenvalue weighted by atomic mass is 10.0. The number of rotatable bonds is 3. The molecule has 0 bridgehead atoms. The first-order valence-electron chi connectivity index (χ1n) is 4.72. The van der Waals surface area contributed by atoms with Crippen LogP contribution < -0.4 is 16.0 Å². The number of aryl methyl sites for hydroxylation is 1. The predicted octanol–water partition coefficient (Wildman–Crippen LogP) is 0.605. The molecule has 1 aliphatic heterocycles. The van der Waals surface area contributed by atoms with Crippen molar-refractivity contribution in [3.05, 3.63) is 29.8 Å². The van der Waals surface area contributed by atoms with Gasteiger partial charge in [-0.25, -0.2) is 0 Å². The van der Waals surface area contributed by atoms with Crippen molar-refractivity contribution >= 4 is 12.1 Å². The van der Waals surface area contributed by atoms with Gasteiger partial charge in [-0.1, -0.05) is 18.2 Å². The summed E-state index contributed by atoms with van der Waals surface area (Å²) in [5.74, 6) is 0. The molecular formula is C10H13N3O. The van der Waals surface area contributed by atoms with E-state index in [0.29, 0.717) is 6.41 Å². The van der Waals surface area contributed by atoms with Gasteiger partial charge in [0.25, 0.3) is 0 Å². The smallest absolute Gasteiger partial charge is 0.222 e. The van der Waals surface area contributed by atoms with Crippen LogP contribution in [0.3, 0.4) is 0 Å². The average Bonchev–Trinajstić information content (AvgIpc) is 2.26. The summed E-state index contributed by atoms with van der Waals surface area (Å²) in [6, 6.07) is 8.20. The molecule has 2 N–H and O–H groups in total. The zero-order chi connectivity index (χ0) is 9.80. The SMILES string of the molecule is O=CNNN1CCCc2ccccc21. The highest BCUT2D eigenvalue weighted by Crippen LogP contribution is 2.24. The van der Waals surface area contributed by atoms with E-state index in [1.54, 1.807) is 0 Å². The number of benzene rings is 1. The van der Waals surface area contributed by atoms with Crippen molar-refractivity contribution in [1.82, 2.24) is 11.0 Å². The summed E-state index contributed by atoms with van der Waals surface area (Å²) in [5.41, 5.74) is 7.76. The zero-order valence-corrected chi connectivity index (χ0v) is 7.86. The van der Waals surface area contributed by atoms with Crippen molar-refractivity contribution in [2.75, 3.05) is 11.6 Å². The standard InChI is InChI=1S/C10H13N3O/c14-8-11-12-13-7-3-5-9-4-1-2-6-10(9)13/h1-2,4,6,8,12H,3,5,7H2,(H,11,14). The number of para-hydroxylation sites is 1. The fraction of sp³-hybridized carbons (Fsp3) is 0.300. The van der Waals surface area contributed by atoms with Gasteiger partial charge in [0.1, 0.15) is 0 Å². The fourth-order valence-electron chi connectivity index (χ4n) is 1.75. The molecular weight excluding hydrogens is 178 g/mol. The van der Waals surface area contributed by atoms with Crippen LogP contribution in [0.1, 0.15) is 12.0 Å². The lowest BCUT2D eigenvalue weighted by Crippen LogP contribution is -2.48. The highest BCUT2D eigenvalue weighted by molar-refractivity contribution is 5.55. The van der Waals surface area contributed by atoms with E-state index in [4.69, 9.17) is 0 Å². The van der Waals surface area contributed by atoms with Crippen molar-refractivity contribution in [3.8, 4) is 0 Å². The van der Waals surface area contributed by atoms with E-state index >= 15 is 0 Å². The van der Waals surface area contributed by atoms with Gasteiger partial charge >= 0.3 is 0 Å². The van der Waals surface area contributed by atoms with Crippen LogP contribution in [-0.2, 0) is 11.2 Å². The van der Waals surface area contributed by atoms with Crippen molar-refractivity contribution in [2.45, 2.75) is 12.8 Å². The Morgan fingerprint density at radius 2 is 2.21 bits per heavy atom. The Hall–Kier alpha value is -1.55. The second-order valence-electron chi connectivity index (χ2n) is 3.26. The van der Waals surface area contributed by atoms with Crippen LogP contribution >= 0.6 is 0 Å². The predicted molar refractivity (Wildman–Crippen MR) is 54.4 cm³/mol. The molecule has 0 atom stereocenters. The van der Waals surface area contributed by atoms with E-state index < -0.39 is 0 Å². The first kappa shape index (κ1) is 9.02. The Bertz CT molecular complexity index is 327. The summed E-state index contributed by atoms with van der Waals surface area (Å²) in [6.07, 6.45) is 2.84. The summed E-state index contributed by atoms with van der Waals surface area (Å²) in [6.45, 7) is 0.915. The van der Waals surface area contributed by atoms with Gasteiger partial charge < -0.3 is 0 Å². The van der Waals surface area contributed by atoms with Crippen LogP contribution in [0.15, 0.2) is 24.3 Å². The summed E-state index contributed by atoms with van der Waals surface area (Å²) < 4.78 is 0. The Morgan fingerprint density at radius 3 is 3.07 bits per heavy atom. The molecule has 1 aliphatic rings. The maximum atomic E-state index is 10.2. The van der Waals surface area contributed by atoms with Gasteiger partial charge in [0.2, 0.25) is 6.41 Å². The molecule has 0 aromatic heterocycles. The van der Waals surface area contributed by atoms with Crippen LogP contribution in [0.2, 0.25) is 0 Å². The molecule has 14 heavy (non-hydrogen) atoms. The third-order valence-electron chi connectivity index (χ3n) is 2.37. The van der Waals surface area contributed by atoms with Crippen LogP contribution in [0.5, 0.6) is 0 Å². The number of nitrogens with one attached hydrogen (secondary N) is 2. The van der Waals surface area contributed by atoms with Gasteiger partial charge in [0.05, 0.1) is 5.69 Å². The van der Waals surface area contributed by atoms with Gasteiger partial charge in [0, 0.05) is 6.54 Å². The van der Waals surface area contributed by atoms with E-state index in [0.717, 1.165) is 25.1 Å². The minimum atomic E-state index is 0.636. The van der Waals surface area contributed by atoms with Crippen molar-refractivity contribution in [3.63, 3.8) is 0 Å². The summed E-state index contributed by atoms with van der Waals surface area (Å²) in [5, 5.41) is 1.95. The first-order valence-corrected chi connectivity index (χ1v) is 4.72. The number of anilines is 1. The molecule has 1 aromatic carbocycles. The van der Waals surface area contributed by atoms with Crippen LogP contribution in [0.4, 0.5) is 5.69 Å². The normalized spacial score (nSPS) is 14.7. The van der Waals surface area contributed by atoms with Gasteiger partial charge in [-0.3, -0.25) is 15.2 Å². The molecule has 0 aliphatic carbocycles. The molecule has 0 fully saturated rings. The highest BCUT2D eigenvalue weighted by Gasteiger charge is 2.14. The van der Waals surface area contributed by atoms with E-state index in [-0.39, 0.29) is 0 Å². The van der Waals surface area contributed by atoms with E-state index in [1.807, 2.05) is 23.2 Å². The Labute approximate surface area is 82.8 Å². The van der Waals surface area contributed by atoms with E-state index in [1.165, 1.54) is 5.56 Å². The van der Waals surface area contributed by atoms with Crippen molar-refractivity contribution in [1.29, 1.82) is 0 Å². The molecule has 1 heterocycles. The third-order valence-corrected chi connectivity index (χ3v) is 2.37.